The lowest BCUT2D eigenvalue weighted by atomic mass is 9.93. The molecular formula is C23H30F3N7O. The van der Waals surface area contributed by atoms with Crippen LogP contribution in [0.2, 0.25) is 0 Å². The first-order chi connectivity index (χ1) is 16.1. The van der Waals surface area contributed by atoms with Crippen molar-refractivity contribution in [3.05, 3.63) is 30.6 Å². The van der Waals surface area contributed by atoms with Gasteiger partial charge in [0, 0.05) is 37.7 Å². The Hall–Kier alpha value is -3.21. The van der Waals surface area contributed by atoms with Crippen LogP contribution in [0.3, 0.4) is 0 Å². The summed E-state index contributed by atoms with van der Waals surface area (Å²) in [6.07, 6.45) is -0.216. The molecule has 3 rings (SSSR count). The minimum absolute atomic E-state index is 0.113. The molecule has 3 heterocycles. The van der Waals surface area contributed by atoms with Crippen molar-refractivity contribution < 1.29 is 17.9 Å². The van der Waals surface area contributed by atoms with Crippen LogP contribution in [0.15, 0.2) is 35.6 Å². The minimum atomic E-state index is -4.34. The normalized spacial score (nSPS) is 12.9. The number of pyridine rings is 1. The number of rotatable bonds is 10. The van der Waals surface area contributed by atoms with Gasteiger partial charge < -0.3 is 15.4 Å². The third-order valence-corrected chi connectivity index (χ3v) is 5.44. The van der Waals surface area contributed by atoms with E-state index < -0.39 is 11.6 Å². The molecule has 0 spiro atoms. The lowest BCUT2D eigenvalue weighted by Gasteiger charge is -2.27. The molecule has 0 saturated carbocycles. The van der Waals surface area contributed by atoms with E-state index in [1.807, 2.05) is 32.0 Å². The molecule has 3 aromatic heterocycles. The summed E-state index contributed by atoms with van der Waals surface area (Å²) < 4.78 is 46.0. The fraction of sp³-hybridized carbons (Fsp3) is 0.478. The average molecular weight is 478 g/mol. The van der Waals surface area contributed by atoms with E-state index in [-0.39, 0.29) is 12.5 Å². The Morgan fingerprint density at radius 3 is 2.62 bits per heavy atom. The van der Waals surface area contributed by atoms with E-state index in [1.54, 1.807) is 24.0 Å². The Morgan fingerprint density at radius 2 is 1.94 bits per heavy atom. The lowest BCUT2D eigenvalue weighted by molar-refractivity contribution is -0.206. The number of alkyl halides is 3. The van der Waals surface area contributed by atoms with Crippen molar-refractivity contribution in [3.63, 3.8) is 0 Å². The maximum atomic E-state index is 13.1. The number of ether oxygens (including phenoxy) is 1. The first-order valence-electron chi connectivity index (χ1n) is 11.0. The average Bonchev–Trinajstić information content (AvgIpc) is 3.21. The quantitative estimate of drug-likeness (QED) is 0.302. The maximum absolute atomic E-state index is 13.1. The zero-order chi connectivity index (χ0) is 24.9. The summed E-state index contributed by atoms with van der Waals surface area (Å²) in [5.74, 6) is 0.747. The number of hydrogen-bond donors (Lipinski definition) is 2. The van der Waals surface area contributed by atoms with Crippen LogP contribution >= 0.6 is 0 Å². The van der Waals surface area contributed by atoms with Crippen LogP contribution in [-0.2, 0) is 4.74 Å². The molecule has 0 amide bonds. The first kappa shape index (κ1) is 25.4. The highest BCUT2D eigenvalue weighted by Crippen LogP contribution is 2.37. The van der Waals surface area contributed by atoms with Crippen LogP contribution in [0.1, 0.15) is 34.1 Å². The summed E-state index contributed by atoms with van der Waals surface area (Å²) in [5.41, 5.74) is 1.97. The number of aromatic nitrogens is 4. The standard InChI is InChI=1S/C23H30F3N7O/c1-6-15(2)30-18-8-7-17(31-20(18)27-10-12-34-5)16-9-11-33-19(16)13-28-21(32-33)29-14-22(3,4)23(24,25)26/h7-9,11,13H,6,10,12,14H2,1-5H3,(H,27,31)(H,29,32). The van der Waals surface area contributed by atoms with E-state index in [9.17, 15) is 13.2 Å². The molecule has 11 heteroatoms. The van der Waals surface area contributed by atoms with E-state index in [1.165, 1.54) is 0 Å². The van der Waals surface area contributed by atoms with Crippen molar-refractivity contribution in [2.75, 3.05) is 37.4 Å². The molecule has 0 unspecified atom stereocenters. The van der Waals surface area contributed by atoms with Gasteiger partial charge in [-0.3, -0.25) is 4.99 Å². The van der Waals surface area contributed by atoms with E-state index in [0.717, 1.165) is 37.2 Å². The fourth-order valence-electron chi connectivity index (χ4n) is 2.98. The second-order valence-corrected chi connectivity index (χ2v) is 8.56. The molecule has 0 radical (unpaired) electrons. The van der Waals surface area contributed by atoms with Crippen LogP contribution in [0, 0.1) is 5.41 Å². The van der Waals surface area contributed by atoms with Gasteiger partial charge >= 0.3 is 6.18 Å². The molecule has 0 saturated heterocycles. The van der Waals surface area contributed by atoms with Crippen LogP contribution in [0.5, 0.6) is 0 Å². The molecule has 0 fully saturated rings. The molecule has 3 aromatic rings. The fourth-order valence-corrected chi connectivity index (χ4v) is 2.98. The van der Waals surface area contributed by atoms with Crippen molar-refractivity contribution in [2.45, 2.75) is 40.3 Å². The number of nitrogens with one attached hydrogen (secondary N) is 2. The number of halogens is 3. The summed E-state index contributed by atoms with van der Waals surface area (Å²) in [6, 6.07) is 5.61. The predicted molar refractivity (Wildman–Crippen MR) is 128 cm³/mol. The summed E-state index contributed by atoms with van der Waals surface area (Å²) in [7, 11) is 1.63. The van der Waals surface area contributed by atoms with Crippen molar-refractivity contribution >= 4 is 28.7 Å². The highest BCUT2D eigenvalue weighted by Gasteiger charge is 2.47. The molecule has 184 valence electrons. The van der Waals surface area contributed by atoms with Gasteiger partial charge in [0.25, 0.3) is 0 Å². The van der Waals surface area contributed by atoms with Crippen molar-refractivity contribution in [2.24, 2.45) is 10.4 Å². The molecular weight excluding hydrogens is 447 g/mol. The van der Waals surface area contributed by atoms with Crippen molar-refractivity contribution in [1.29, 1.82) is 0 Å². The van der Waals surface area contributed by atoms with Gasteiger partial charge in [0.05, 0.1) is 29.4 Å². The maximum Gasteiger partial charge on any atom is 0.395 e. The van der Waals surface area contributed by atoms with Gasteiger partial charge in [0.2, 0.25) is 5.95 Å². The zero-order valence-corrected chi connectivity index (χ0v) is 20.0. The van der Waals surface area contributed by atoms with Gasteiger partial charge in [-0.2, -0.15) is 13.2 Å². The molecule has 0 bridgehead atoms. The van der Waals surface area contributed by atoms with Gasteiger partial charge in [-0.15, -0.1) is 5.10 Å². The topological polar surface area (TPSA) is 88.7 Å². The number of aliphatic imine (C=N–C) groups is 1. The molecule has 0 aliphatic rings. The third-order valence-electron chi connectivity index (χ3n) is 5.44. The Morgan fingerprint density at radius 1 is 1.18 bits per heavy atom. The molecule has 34 heavy (non-hydrogen) atoms. The van der Waals surface area contributed by atoms with E-state index in [4.69, 9.17) is 9.72 Å². The summed E-state index contributed by atoms with van der Waals surface area (Å²) >= 11 is 0. The van der Waals surface area contributed by atoms with Crippen LogP contribution in [0.25, 0.3) is 16.8 Å². The van der Waals surface area contributed by atoms with Crippen LogP contribution in [-0.4, -0.2) is 58.3 Å². The number of fused-ring (bicyclic) bond motifs is 1. The molecule has 0 atom stereocenters. The minimum Gasteiger partial charge on any atom is -0.383 e. The van der Waals surface area contributed by atoms with Gasteiger partial charge in [0.1, 0.15) is 5.69 Å². The van der Waals surface area contributed by atoms with E-state index in [2.05, 4.69) is 25.7 Å². The second kappa shape index (κ2) is 10.4. The summed E-state index contributed by atoms with van der Waals surface area (Å²) in [5, 5.41) is 10.3. The Balaban J connectivity index is 1.89. The van der Waals surface area contributed by atoms with Crippen molar-refractivity contribution in [1.82, 2.24) is 19.6 Å². The Kier molecular flexibility index (Phi) is 7.75. The number of anilines is 2. The number of methoxy groups -OCH3 is 1. The molecule has 0 aliphatic heterocycles. The van der Waals surface area contributed by atoms with Gasteiger partial charge in [0.15, 0.2) is 5.82 Å². The monoisotopic (exact) mass is 477 g/mol. The number of nitrogens with zero attached hydrogens (tertiary/aromatic N) is 5. The molecule has 2 N–H and O–H groups in total. The Bertz CT molecular complexity index is 1160. The number of hydrogen-bond acceptors (Lipinski definition) is 7. The van der Waals surface area contributed by atoms with Crippen LogP contribution < -0.4 is 10.6 Å². The van der Waals surface area contributed by atoms with Crippen molar-refractivity contribution in [3.8, 4) is 11.3 Å². The van der Waals surface area contributed by atoms with Crippen LogP contribution in [0.4, 0.5) is 30.6 Å². The first-order valence-corrected chi connectivity index (χ1v) is 11.0. The highest BCUT2D eigenvalue weighted by atomic mass is 19.4. The van der Waals surface area contributed by atoms with E-state index in [0.29, 0.717) is 30.2 Å². The molecule has 0 aromatic carbocycles. The zero-order valence-electron chi connectivity index (χ0n) is 20.0. The SMILES string of the molecule is CCC(C)=Nc1ccc(-c2ccn3nc(NCC(C)(C)C(F)(F)F)ncc23)nc1NCCOC. The van der Waals surface area contributed by atoms with Gasteiger partial charge in [-0.1, -0.05) is 6.92 Å². The second-order valence-electron chi connectivity index (χ2n) is 8.56. The predicted octanol–water partition coefficient (Wildman–Crippen LogP) is 5.35. The highest BCUT2D eigenvalue weighted by molar-refractivity contribution is 5.87. The summed E-state index contributed by atoms with van der Waals surface area (Å²) in [6.45, 7) is 7.02. The molecule has 8 nitrogen and oxygen atoms in total. The largest absolute Gasteiger partial charge is 0.395 e. The van der Waals surface area contributed by atoms with Gasteiger partial charge in [-0.25, -0.2) is 14.5 Å². The third kappa shape index (κ3) is 5.82. The van der Waals surface area contributed by atoms with Gasteiger partial charge in [-0.05, 0) is 45.4 Å². The Labute approximate surface area is 196 Å². The lowest BCUT2D eigenvalue weighted by Crippen LogP contribution is -2.38. The molecule has 0 aliphatic carbocycles. The smallest absolute Gasteiger partial charge is 0.383 e. The van der Waals surface area contributed by atoms with E-state index >= 15 is 0 Å². The summed E-state index contributed by atoms with van der Waals surface area (Å²) in [4.78, 5) is 13.6.